The summed E-state index contributed by atoms with van der Waals surface area (Å²) in [6, 6.07) is 9.92. The number of hydrogen-bond acceptors (Lipinski definition) is 5. The van der Waals surface area contributed by atoms with E-state index >= 15 is 0 Å². The molecular formula is C25H31F3N4O2. The number of piperazine rings is 1. The number of likely N-dealkylation sites (N-methyl/N-ethyl adjacent to an activating group) is 1. The monoisotopic (exact) mass is 476 g/mol. The number of nitrogens with zero attached hydrogens (tertiary/aromatic N) is 4. The molecule has 0 bridgehead atoms. The third-order valence-electron chi connectivity index (χ3n) is 6.25. The highest BCUT2D eigenvalue weighted by Gasteiger charge is 2.31. The number of alkyl halides is 3. The van der Waals surface area contributed by atoms with E-state index in [2.05, 4.69) is 45.7 Å². The maximum absolute atomic E-state index is 12.4. The summed E-state index contributed by atoms with van der Waals surface area (Å²) in [6.07, 6.45) is -2.82. The summed E-state index contributed by atoms with van der Waals surface area (Å²) in [6.45, 7) is 8.40. The second-order valence-corrected chi connectivity index (χ2v) is 9.13. The summed E-state index contributed by atoms with van der Waals surface area (Å²) in [4.78, 5) is 7.06. The van der Waals surface area contributed by atoms with E-state index in [1.807, 2.05) is 13.1 Å². The van der Waals surface area contributed by atoms with Crippen LogP contribution in [0.15, 0.2) is 42.6 Å². The Kier molecular flexibility index (Phi) is 6.95. The largest absolute Gasteiger partial charge is 0.573 e. The standard InChI is InChI=1S/C25H31F3N4O2/c1-18-14-21(31-12-10-30(11-13-31)9-8-29(2)3)15-20-17-32(24(33)23(18)20)16-19-4-6-22(7-5-19)34-25(26,27)28/h4-7,14-15,17,33H,8-13,16H2,1-3H3. The number of aromatic nitrogens is 1. The Morgan fingerprint density at radius 2 is 1.71 bits per heavy atom. The molecule has 1 aromatic heterocycles. The molecule has 6 nitrogen and oxygen atoms in total. The molecule has 1 N–H and O–H groups in total. The SMILES string of the molecule is Cc1cc(N2CCN(CCN(C)C)CC2)cc2cn(Cc3ccc(OC(F)(F)F)cc3)c(O)c12. The van der Waals surface area contributed by atoms with Crippen molar-refractivity contribution in [1.29, 1.82) is 0 Å². The second kappa shape index (κ2) is 9.76. The molecule has 0 unspecified atom stereocenters. The number of halogens is 3. The Balaban J connectivity index is 1.48. The Hall–Kier alpha value is -2.91. The molecule has 2 aromatic carbocycles. The van der Waals surface area contributed by atoms with Crippen LogP contribution in [0.4, 0.5) is 18.9 Å². The number of anilines is 1. The minimum atomic E-state index is -4.72. The van der Waals surface area contributed by atoms with Crippen molar-refractivity contribution in [3.8, 4) is 11.6 Å². The lowest BCUT2D eigenvalue weighted by atomic mass is 10.1. The smallest absolute Gasteiger partial charge is 0.494 e. The molecule has 0 aliphatic carbocycles. The Bertz CT molecular complexity index is 1120. The van der Waals surface area contributed by atoms with Crippen LogP contribution in [0, 0.1) is 6.92 Å². The number of ether oxygens (including phenoxy) is 1. The van der Waals surface area contributed by atoms with E-state index in [0.717, 1.165) is 66.9 Å². The average molecular weight is 477 g/mol. The second-order valence-electron chi connectivity index (χ2n) is 9.13. The summed E-state index contributed by atoms with van der Waals surface area (Å²) < 4.78 is 42.8. The van der Waals surface area contributed by atoms with E-state index in [0.29, 0.717) is 6.54 Å². The van der Waals surface area contributed by atoms with E-state index in [4.69, 9.17) is 0 Å². The van der Waals surface area contributed by atoms with Crippen LogP contribution >= 0.6 is 0 Å². The van der Waals surface area contributed by atoms with Gasteiger partial charge in [0.1, 0.15) is 5.75 Å². The number of benzene rings is 2. The first kappa shape index (κ1) is 24.2. The maximum Gasteiger partial charge on any atom is 0.573 e. The summed E-state index contributed by atoms with van der Waals surface area (Å²) in [5.74, 6) is -0.108. The lowest BCUT2D eigenvalue weighted by Gasteiger charge is -2.36. The summed E-state index contributed by atoms with van der Waals surface area (Å²) in [5, 5.41) is 12.6. The zero-order chi connectivity index (χ0) is 24.5. The molecule has 4 rings (SSSR count). The number of aryl methyl sites for hydroxylation is 1. The van der Waals surface area contributed by atoms with Gasteiger partial charge in [0.05, 0.1) is 6.54 Å². The fourth-order valence-electron chi connectivity index (χ4n) is 4.44. The van der Waals surface area contributed by atoms with Crippen LogP contribution in [-0.4, -0.2) is 79.2 Å². The molecule has 0 amide bonds. The van der Waals surface area contributed by atoms with Gasteiger partial charge in [-0.15, -0.1) is 13.2 Å². The van der Waals surface area contributed by atoms with Gasteiger partial charge >= 0.3 is 6.36 Å². The van der Waals surface area contributed by atoms with Gasteiger partial charge in [-0.3, -0.25) is 4.90 Å². The van der Waals surface area contributed by atoms with Gasteiger partial charge in [0.15, 0.2) is 5.88 Å². The number of aromatic hydroxyl groups is 1. The molecule has 0 radical (unpaired) electrons. The van der Waals surface area contributed by atoms with Crippen molar-refractivity contribution in [3.63, 3.8) is 0 Å². The van der Waals surface area contributed by atoms with Crippen molar-refractivity contribution in [1.82, 2.24) is 14.4 Å². The summed E-state index contributed by atoms with van der Waals surface area (Å²) >= 11 is 0. The molecule has 2 heterocycles. The molecule has 34 heavy (non-hydrogen) atoms. The van der Waals surface area contributed by atoms with Crippen LogP contribution in [-0.2, 0) is 6.54 Å². The van der Waals surface area contributed by atoms with Gasteiger partial charge < -0.3 is 24.2 Å². The minimum absolute atomic E-state index is 0.156. The first-order chi connectivity index (χ1) is 16.1. The van der Waals surface area contributed by atoms with E-state index in [9.17, 15) is 18.3 Å². The lowest BCUT2D eigenvalue weighted by molar-refractivity contribution is -0.274. The van der Waals surface area contributed by atoms with Crippen LogP contribution < -0.4 is 9.64 Å². The van der Waals surface area contributed by atoms with Crippen LogP contribution in [0.1, 0.15) is 11.1 Å². The molecule has 184 valence electrons. The Morgan fingerprint density at radius 3 is 2.32 bits per heavy atom. The van der Waals surface area contributed by atoms with E-state index in [-0.39, 0.29) is 11.6 Å². The van der Waals surface area contributed by atoms with Gasteiger partial charge in [-0.05, 0) is 56.4 Å². The van der Waals surface area contributed by atoms with Crippen molar-refractivity contribution in [2.75, 3.05) is 58.3 Å². The normalized spacial score (nSPS) is 15.4. The molecule has 0 saturated carbocycles. The Labute approximate surface area is 197 Å². The third kappa shape index (κ3) is 5.77. The molecule has 0 spiro atoms. The molecule has 1 saturated heterocycles. The predicted molar refractivity (Wildman–Crippen MR) is 128 cm³/mol. The van der Waals surface area contributed by atoms with Gasteiger partial charge in [0, 0.05) is 61.9 Å². The minimum Gasteiger partial charge on any atom is -0.494 e. The van der Waals surface area contributed by atoms with Crippen molar-refractivity contribution in [3.05, 3.63) is 53.7 Å². The van der Waals surface area contributed by atoms with Crippen LogP contribution in [0.5, 0.6) is 11.6 Å². The molecular weight excluding hydrogens is 445 g/mol. The molecule has 1 fully saturated rings. The van der Waals surface area contributed by atoms with E-state index in [1.54, 1.807) is 16.7 Å². The highest BCUT2D eigenvalue weighted by molar-refractivity contribution is 5.93. The highest BCUT2D eigenvalue weighted by atomic mass is 19.4. The molecule has 3 aromatic rings. The lowest BCUT2D eigenvalue weighted by Crippen LogP contribution is -2.48. The van der Waals surface area contributed by atoms with Gasteiger partial charge in [-0.25, -0.2) is 0 Å². The van der Waals surface area contributed by atoms with Crippen LogP contribution in [0.25, 0.3) is 10.8 Å². The van der Waals surface area contributed by atoms with Crippen LogP contribution in [0.2, 0.25) is 0 Å². The topological polar surface area (TPSA) is 44.1 Å². The quantitative estimate of drug-likeness (QED) is 0.551. The predicted octanol–water partition coefficient (Wildman–Crippen LogP) is 4.29. The van der Waals surface area contributed by atoms with Crippen molar-refractivity contribution >= 4 is 16.5 Å². The van der Waals surface area contributed by atoms with Gasteiger partial charge in [0.25, 0.3) is 0 Å². The molecule has 1 aliphatic heterocycles. The Morgan fingerprint density at radius 1 is 1.03 bits per heavy atom. The molecule has 1 aliphatic rings. The fourth-order valence-corrected chi connectivity index (χ4v) is 4.44. The van der Waals surface area contributed by atoms with Crippen LogP contribution in [0.3, 0.4) is 0 Å². The van der Waals surface area contributed by atoms with Gasteiger partial charge in [0.2, 0.25) is 0 Å². The molecule has 9 heteroatoms. The number of hydrogen-bond donors (Lipinski definition) is 1. The number of rotatable bonds is 7. The summed E-state index contributed by atoms with van der Waals surface area (Å²) in [5.41, 5.74) is 2.90. The van der Waals surface area contributed by atoms with E-state index < -0.39 is 6.36 Å². The van der Waals surface area contributed by atoms with E-state index in [1.165, 1.54) is 12.1 Å². The van der Waals surface area contributed by atoms with Gasteiger partial charge in [-0.2, -0.15) is 0 Å². The number of fused-ring (bicyclic) bond motifs is 1. The van der Waals surface area contributed by atoms with Crippen molar-refractivity contribution in [2.24, 2.45) is 0 Å². The average Bonchev–Trinajstić information content (AvgIpc) is 3.08. The first-order valence-corrected chi connectivity index (χ1v) is 11.4. The molecule has 0 atom stereocenters. The zero-order valence-corrected chi connectivity index (χ0v) is 19.8. The fraction of sp³-hybridized carbons (Fsp3) is 0.440. The van der Waals surface area contributed by atoms with Crippen molar-refractivity contribution < 1.29 is 23.0 Å². The van der Waals surface area contributed by atoms with Crippen molar-refractivity contribution in [2.45, 2.75) is 19.8 Å². The highest BCUT2D eigenvalue weighted by Crippen LogP contribution is 2.35. The summed E-state index contributed by atoms with van der Waals surface area (Å²) in [7, 11) is 4.18. The maximum atomic E-state index is 12.4. The zero-order valence-electron chi connectivity index (χ0n) is 19.8. The first-order valence-electron chi connectivity index (χ1n) is 11.4. The van der Waals surface area contributed by atoms with Gasteiger partial charge in [-0.1, -0.05) is 12.1 Å². The third-order valence-corrected chi connectivity index (χ3v) is 6.25.